The first-order valence-corrected chi connectivity index (χ1v) is 12.2. The number of hydrogen-bond acceptors (Lipinski definition) is 8. The number of aromatic nitrogens is 5. The van der Waals surface area contributed by atoms with Gasteiger partial charge in [0.15, 0.2) is 0 Å². The van der Waals surface area contributed by atoms with Gasteiger partial charge in [-0.25, -0.2) is 10.1 Å². The molecule has 0 fully saturated rings. The van der Waals surface area contributed by atoms with E-state index in [2.05, 4.69) is 35.9 Å². The summed E-state index contributed by atoms with van der Waals surface area (Å²) in [5.41, 5.74) is 8.66. The molecule has 2 N–H and O–H groups in total. The number of hydrazone groups is 1. The van der Waals surface area contributed by atoms with Crippen molar-refractivity contribution in [1.29, 1.82) is 0 Å². The van der Waals surface area contributed by atoms with Crippen LogP contribution in [0.25, 0.3) is 5.95 Å². The molecule has 0 amide bonds. The lowest BCUT2D eigenvalue weighted by molar-refractivity contribution is 0.306. The van der Waals surface area contributed by atoms with E-state index in [-0.39, 0.29) is 5.95 Å². The quantitative estimate of drug-likeness (QED) is 0.195. The molecule has 2 heterocycles. The van der Waals surface area contributed by atoms with Crippen molar-refractivity contribution in [3.05, 3.63) is 113 Å². The molecule has 0 aliphatic carbocycles. The molecule has 0 bridgehead atoms. The molecule has 9 nitrogen and oxygen atoms in total. The van der Waals surface area contributed by atoms with Gasteiger partial charge in [0.2, 0.25) is 11.9 Å². The van der Waals surface area contributed by atoms with Gasteiger partial charge in [0, 0.05) is 16.9 Å². The summed E-state index contributed by atoms with van der Waals surface area (Å²) in [6.45, 7) is 6.39. The van der Waals surface area contributed by atoms with Crippen molar-refractivity contribution >= 4 is 23.8 Å². The lowest BCUT2D eigenvalue weighted by Gasteiger charge is -2.10. The van der Waals surface area contributed by atoms with Gasteiger partial charge in [0.05, 0.1) is 11.9 Å². The van der Waals surface area contributed by atoms with E-state index in [9.17, 15) is 0 Å². The molecule has 0 aliphatic rings. The van der Waals surface area contributed by atoms with Crippen LogP contribution in [0.5, 0.6) is 5.75 Å². The summed E-state index contributed by atoms with van der Waals surface area (Å²) < 4.78 is 7.71. The van der Waals surface area contributed by atoms with E-state index < -0.39 is 0 Å². The number of ether oxygens (including phenoxy) is 1. The van der Waals surface area contributed by atoms with Crippen LogP contribution in [0.3, 0.4) is 0 Å². The molecule has 0 unspecified atom stereocenters. The summed E-state index contributed by atoms with van der Waals surface area (Å²) in [6, 6.07) is 27.7. The van der Waals surface area contributed by atoms with Crippen LogP contribution >= 0.6 is 0 Å². The number of rotatable bonds is 9. The second kappa shape index (κ2) is 11.3. The molecule has 5 aromatic rings. The number of nitrogens with zero attached hydrogens (tertiary/aromatic N) is 6. The van der Waals surface area contributed by atoms with Crippen LogP contribution in [0.15, 0.2) is 90.0 Å². The van der Waals surface area contributed by atoms with E-state index in [0.29, 0.717) is 18.5 Å². The van der Waals surface area contributed by atoms with E-state index in [0.717, 1.165) is 34.0 Å². The third-order valence-corrected chi connectivity index (χ3v) is 5.65. The first-order chi connectivity index (χ1) is 18.5. The van der Waals surface area contributed by atoms with E-state index in [4.69, 9.17) is 4.74 Å². The van der Waals surface area contributed by atoms with E-state index in [1.165, 1.54) is 5.56 Å². The van der Waals surface area contributed by atoms with Crippen LogP contribution in [0, 0.1) is 20.8 Å². The van der Waals surface area contributed by atoms with Crippen LogP contribution in [0.2, 0.25) is 0 Å². The zero-order valence-corrected chi connectivity index (χ0v) is 21.5. The number of benzene rings is 3. The van der Waals surface area contributed by atoms with Crippen LogP contribution in [-0.4, -0.2) is 30.9 Å². The molecule has 2 aromatic heterocycles. The molecule has 0 saturated heterocycles. The number of anilines is 3. The monoisotopic (exact) mass is 504 g/mol. The molecular weight excluding hydrogens is 476 g/mol. The summed E-state index contributed by atoms with van der Waals surface area (Å²) >= 11 is 0. The normalized spacial score (nSPS) is 11.0. The number of nitrogens with one attached hydrogen (secondary N) is 2. The smallest absolute Gasteiger partial charge is 0.257 e. The van der Waals surface area contributed by atoms with Gasteiger partial charge in [0.25, 0.3) is 5.95 Å². The van der Waals surface area contributed by atoms with Gasteiger partial charge in [-0.1, -0.05) is 60.2 Å². The molecule has 5 rings (SSSR count). The van der Waals surface area contributed by atoms with E-state index >= 15 is 0 Å². The van der Waals surface area contributed by atoms with E-state index in [1.54, 1.807) is 10.9 Å². The van der Waals surface area contributed by atoms with Crippen molar-refractivity contribution in [2.45, 2.75) is 27.4 Å². The molecule has 38 heavy (non-hydrogen) atoms. The first-order valence-electron chi connectivity index (χ1n) is 12.2. The molecule has 3 aromatic carbocycles. The summed E-state index contributed by atoms with van der Waals surface area (Å²) in [7, 11) is 0. The Kier molecular flexibility index (Phi) is 7.35. The van der Waals surface area contributed by atoms with Gasteiger partial charge in [-0.15, -0.1) is 0 Å². The largest absolute Gasteiger partial charge is 0.488 e. The Morgan fingerprint density at radius 3 is 2.34 bits per heavy atom. The predicted molar refractivity (Wildman–Crippen MR) is 149 cm³/mol. The van der Waals surface area contributed by atoms with Crippen molar-refractivity contribution in [2.24, 2.45) is 5.10 Å². The van der Waals surface area contributed by atoms with Gasteiger partial charge >= 0.3 is 0 Å². The Bertz CT molecular complexity index is 1550. The minimum absolute atomic E-state index is 0.274. The standard InChI is InChI=1S/C29H28N8O/c1-20-13-15-25(16-14-20)31-27-32-28(34-29(33-27)37-22(3)17-21(2)36-37)35-30-18-24-11-7-8-12-26(24)38-19-23-9-5-4-6-10-23/h4-18H,19H2,1-3H3,(H2,31,32,33,34,35)/b30-18-. The highest BCUT2D eigenvalue weighted by atomic mass is 16.5. The molecule has 0 radical (unpaired) electrons. The Morgan fingerprint density at radius 2 is 1.58 bits per heavy atom. The molecule has 0 spiro atoms. The Hall–Kier alpha value is -5.05. The molecule has 9 heteroatoms. The highest BCUT2D eigenvalue weighted by Gasteiger charge is 2.12. The zero-order valence-electron chi connectivity index (χ0n) is 21.5. The first kappa shape index (κ1) is 24.6. The fourth-order valence-electron chi connectivity index (χ4n) is 3.78. The van der Waals surface area contributed by atoms with Gasteiger partial charge in [-0.2, -0.15) is 25.2 Å². The van der Waals surface area contributed by atoms with Crippen molar-refractivity contribution in [3.63, 3.8) is 0 Å². The van der Waals surface area contributed by atoms with Crippen molar-refractivity contribution in [1.82, 2.24) is 24.7 Å². The average molecular weight is 505 g/mol. The lowest BCUT2D eigenvalue weighted by atomic mass is 10.2. The molecule has 0 saturated carbocycles. The van der Waals surface area contributed by atoms with Crippen molar-refractivity contribution in [3.8, 4) is 11.7 Å². The SMILES string of the molecule is Cc1ccc(Nc2nc(N/N=C\c3ccccc3OCc3ccccc3)nc(-n3nc(C)cc3C)n2)cc1. The lowest BCUT2D eigenvalue weighted by Crippen LogP contribution is -2.11. The maximum Gasteiger partial charge on any atom is 0.257 e. The zero-order chi connectivity index (χ0) is 26.3. The van der Waals surface area contributed by atoms with Crippen LogP contribution in [0.4, 0.5) is 17.6 Å². The summed E-state index contributed by atoms with van der Waals surface area (Å²) in [4.78, 5) is 13.6. The Labute approximate surface area is 221 Å². The number of hydrogen-bond donors (Lipinski definition) is 2. The van der Waals surface area contributed by atoms with Crippen molar-refractivity contribution in [2.75, 3.05) is 10.7 Å². The van der Waals surface area contributed by atoms with Crippen LogP contribution in [0.1, 0.15) is 28.1 Å². The van der Waals surface area contributed by atoms with Gasteiger partial charge in [-0.05, 0) is 56.7 Å². The van der Waals surface area contributed by atoms with Gasteiger partial charge in [0.1, 0.15) is 12.4 Å². The molecule has 190 valence electrons. The third-order valence-electron chi connectivity index (χ3n) is 5.65. The van der Waals surface area contributed by atoms with Gasteiger partial charge < -0.3 is 10.1 Å². The molecular formula is C29H28N8O. The topological polar surface area (TPSA) is 102 Å². The Balaban J connectivity index is 1.38. The maximum absolute atomic E-state index is 6.03. The fraction of sp³-hybridized carbons (Fsp3) is 0.138. The highest BCUT2D eigenvalue weighted by molar-refractivity contribution is 5.83. The molecule has 0 aliphatic heterocycles. The second-order valence-electron chi connectivity index (χ2n) is 8.79. The van der Waals surface area contributed by atoms with Crippen LogP contribution < -0.4 is 15.5 Å². The average Bonchev–Trinajstić information content (AvgIpc) is 3.27. The van der Waals surface area contributed by atoms with Crippen molar-refractivity contribution < 1.29 is 4.74 Å². The molecule has 0 atom stereocenters. The van der Waals surface area contributed by atoms with Crippen LogP contribution in [-0.2, 0) is 6.61 Å². The number of para-hydroxylation sites is 1. The fourth-order valence-corrected chi connectivity index (χ4v) is 3.78. The second-order valence-corrected chi connectivity index (χ2v) is 8.79. The maximum atomic E-state index is 6.03. The highest BCUT2D eigenvalue weighted by Crippen LogP contribution is 2.19. The minimum Gasteiger partial charge on any atom is -0.488 e. The van der Waals surface area contributed by atoms with Gasteiger partial charge in [-0.3, -0.25) is 0 Å². The minimum atomic E-state index is 0.274. The summed E-state index contributed by atoms with van der Waals surface area (Å²) in [5.74, 6) is 1.75. The number of aryl methyl sites for hydroxylation is 3. The summed E-state index contributed by atoms with van der Waals surface area (Å²) in [5, 5.41) is 12.1. The Morgan fingerprint density at radius 1 is 0.842 bits per heavy atom. The summed E-state index contributed by atoms with van der Waals surface area (Å²) in [6.07, 6.45) is 1.68. The van der Waals surface area contributed by atoms with E-state index in [1.807, 2.05) is 106 Å². The predicted octanol–water partition coefficient (Wildman–Crippen LogP) is 5.75. The third kappa shape index (κ3) is 6.19.